The molecule has 3 saturated heterocycles. The second kappa shape index (κ2) is 5.55. The number of fused-ring (bicyclic) bond motifs is 1. The van der Waals surface area contributed by atoms with Gasteiger partial charge in [-0.3, -0.25) is 4.90 Å². The molecule has 0 amide bonds. The molecule has 0 saturated carbocycles. The molecule has 3 rings (SSSR count). The van der Waals surface area contributed by atoms with Gasteiger partial charge in [-0.05, 0) is 45.2 Å². The molecule has 110 valence electrons. The quantitative estimate of drug-likeness (QED) is 0.835. The van der Waals surface area contributed by atoms with E-state index in [9.17, 15) is 0 Å². The normalized spacial score (nSPS) is 45.3. The standard InChI is InChI=1S/C15H29N3S/c1-12-8-15(10-16,11-19-12)18-7-5-14-13(9-18)4-3-6-17(14)2/h12-14H,3-11,16H2,1-2H3. The van der Waals surface area contributed by atoms with Crippen LogP contribution < -0.4 is 5.73 Å². The van der Waals surface area contributed by atoms with Crippen LogP contribution in [-0.4, -0.2) is 65.6 Å². The van der Waals surface area contributed by atoms with E-state index < -0.39 is 0 Å². The molecule has 3 aliphatic heterocycles. The molecule has 0 aromatic heterocycles. The van der Waals surface area contributed by atoms with Crippen molar-refractivity contribution in [2.75, 3.05) is 39.0 Å². The first-order chi connectivity index (χ1) is 9.14. The van der Waals surface area contributed by atoms with E-state index in [1.54, 1.807) is 0 Å². The highest BCUT2D eigenvalue weighted by Gasteiger charge is 2.45. The number of thioether (sulfide) groups is 1. The SMILES string of the molecule is CC1CC(CN)(N2CCC3C(CCCN3C)C2)CS1. The minimum atomic E-state index is 0.311. The summed E-state index contributed by atoms with van der Waals surface area (Å²) in [6, 6.07) is 0.839. The lowest BCUT2D eigenvalue weighted by molar-refractivity contribution is -0.00664. The number of likely N-dealkylation sites (tertiary alicyclic amines) is 2. The van der Waals surface area contributed by atoms with Crippen LogP contribution in [0, 0.1) is 5.92 Å². The van der Waals surface area contributed by atoms with E-state index in [2.05, 4.69) is 35.5 Å². The van der Waals surface area contributed by atoms with Crippen LogP contribution in [0.3, 0.4) is 0 Å². The zero-order chi connectivity index (χ0) is 13.5. The van der Waals surface area contributed by atoms with Crippen LogP contribution in [0.25, 0.3) is 0 Å². The Balaban J connectivity index is 1.70. The highest BCUT2D eigenvalue weighted by molar-refractivity contribution is 8.00. The topological polar surface area (TPSA) is 32.5 Å². The number of rotatable bonds is 2. The lowest BCUT2D eigenvalue weighted by Crippen LogP contribution is -2.62. The molecule has 4 atom stereocenters. The summed E-state index contributed by atoms with van der Waals surface area (Å²) in [7, 11) is 2.32. The third-order valence-corrected chi connectivity index (χ3v) is 7.14. The fourth-order valence-corrected chi connectivity index (χ4v) is 5.97. The molecule has 4 heteroatoms. The maximum atomic E-state index is 6.19. The van der Waals surface area contributed by atoms with Crippen LogP contribution >= 0.6 is 11.8 Å². The molecule has 0 aromatic rings. The van der Waals surface area contributed by atoms with E-state index in [-0.39, 0.29) is 0 Å². The zero-order valence-electron chi connectivity index (χ0n) is 12.5. The highest BCUT2D eigenvalue weighted by Crippen LogP contribution is 2.41. The minimum absolute atomic E-state index is 0.311. The van der Waals surface area contributed by atoms with E-state index >= 15 is 0 Å². The van der Waals surface area contributed by atoms with E-state index in [0.29, 0.717) is 5.54 Å². The van der Waals surface area contributed by atoms with E-state index in [1.165, 1.54) is 51.1 Å². The Labute approximate surface area is 122 Å². The van der Waals surface area contributed by atoms with Gasteiger partial charge in [0.2, 0.25) is 0 Å². The van der Waals surface area contributed by atoms with Crippen molar-refractivity contribution in [1.82, 2.24) is 9.80 Å². The van der Waals surface area contributed by atoms with Crippen molar-refractivity contribution in [3.05, 3.63) is 0 Å². The van der Waals surface area contributed by atoms with Crippen molar-refractivity contribution < 1.29 is 0 Å². The Kier molecular flexibility index (Phi) is 4.14. The number of hydrogen-bond donors (Lipinski definition) is 1. The van der Waals surface area contributed by atoms with Crippen molar-refractivity contribution in [3.8, 4) is 0 Å². The summed E-state index contributed by atoms with van der Waals surface area (Å²) in [5.74, 6) is 2.13. The monoisotopic (exact) mass is 283 g/mol. The lowest BCUT2D eigenvalue weighted by Gasteiger charge is -2.51. The lowest BCUT2D eigenvalue weighted by atomic mass is 9.81. The Morgan fingerprint density at radius 1 is 1.32 bits per heavy atom. The predicted molar refractivity (Wildman–Crippen MR) is 83.7 cm³/mol. The van der Waals surface area contributed by atoms with Gasteiger partial charge in [0, 0.05) is 42.2 Å². The van der Waals surface area contributed by atoms with Crippen LogP contribution in [-0.2, 0) is 0 Å². The van der Waals surface area contributed by atoms with Gasteiger partial charge in [-0.2, -0.15) is 11.8 Å². The molecule has 2 N–H and O–H groups in total. The molecule has 3 nitrogen and oxygen atoms in total. The Hall–Kier alpha value is 0.230. The van der Waals surface area contributed by atoms with E-state index in [1.807, 2.05) is 0 Å². The first-order valence-electron chi connectivity index (χ1n) is 7.91. The van der Waals surface area contributed by atoms with Crippen molar-refractivity contribution in [2.45, 2.75) is 49.4 Å². The Bertz CT molecular complexity index is 325. The van der Waals surface area contributed by atoms with Crippen LogP contribution in [0.4, 0.5) is 0 Å². The number of hydrogen-bond acceptors (Lipinski definition) is 4. The third-order valence-electron chi connectivity index (χ3n) is 5.70. The number of nitrogens with zero attached hydrogens (tertiary/aromatic N) is 2. The molecule has 3 aliphatic rings. The van der Waals surface area contributed by atoms with Gasteiger partial charge in [-0.25, -0.2) is 0 Å². The molecule has 3 fully saturated rings. The fourth-order valence-electron chi connectivity index (χ4n) is 4.53. The molecule has 3 heterocycles. The van der Waals surface area contributed by atoms with Gasteiger partial charge in [-0.1, -0.05) is 6.92 Å². The summed E-state index contributed by atoms with van der Waals surface area (Å²) >= 11 is 2.12. The van der Waals surface area contributed by atoms with Gasteiger partial charge in [0.1, 0.15) is 0 Å². The summed E-state index contributed by atoms with van der Waals surface area (Å²) in [6.07, 6.45) is 5.45. The fraction of sp³-hybridized carbons (Fsp3) is 1.00. The van der Waals surface area contributed by atoms with Crippen molar-refractivity contribution in [1.29, 1.82) is 0 Å². The van der Waals surface area contributed by atoms with Gasteiger partial charge in [0.05, 0.1) is 0 Å². The second-order valence-electron chi connectivity index (χ2n) is 6.94. The third kappa shape index (κ3) is 2.57. The molecule has 0 aliphatic carbocycles. The number of nitrogens with two attached hydrogens (primary N) is 1. The van der Waals surface area contributed by atoms with Crippen molar-refractivity contribution in [3.63, 3.8) is 0 Å². The van der Waals surface area contributed by atoms with E-state index in [4.69, 9.17) is 5.73 Å². The van der Waals surface area contributed by atoms with Crippen molar-refractivity contribution in [2.24, 2.45) is 11.7 Å². The molecular weight excluding hydrogens is 254 g/mol. The molecule has 4 unspecified atom stereocenters. The minimum Gasteiger partial charge on any atom is -0.329 e. The molecule has 19 heavy (non-hydrogen) atoms. The average Bonchev–Trinajstić information content (AvgIpc) is 2.82. The van der Waals surface area contributed by atoms with Crippen LogP contribution in [0.15, 0.2) is 0 Å². The van der Waals surface area contributed by atoms with E-state index in [0.717, 1.165) is 23.8 Å². The molecule has 0 spiro atoms. The van der Waals surface area contributed by atoms with Gasteiger partial charge in [0.25, 0.3) is 0 Å². The summed E-state index contributed by atoms with van der Waals surface area (Å²) in [4.78, 5) is 5.37. The smallest absolute Gasteiger partial charge is 0.0432 e. The Morgan fingerprint density at radius 3 is 2.84 bits per heavy atom. The molecular formula is C15H29N3S. The maximum absolute atomic E-state index is 6.19. The molecule has 0 bridgehead atoms. The predicted octanol–water partition coefficient (Wildman–Crippen LogP) is 1.63. The summed E-state index contributed by atoms with van der Waals surface area (Å²) in [5, 5.41) is 0.787. The highest BCUT2D eigenvalue weighted by atomic mass is 32.2. The summed E-state index contributed by atoms with van der Waals surface area (Å²) in [6.45, 7) is 7.06. The summed E-state index contributed by atoms with van der Waals surface area (Å²) in [5.41, 5.74) is 6.50. The Morgan fingerprint density at radius 2 is 2.16 bits per heavy atom. The zero-order valence-corrected chi connectivity index (χ0v) is 13.3. The molecule has 0 aromatic carbocycles. The van der Waals surface area contributed by atoms with Gasteiger partial charge < -0.3 is 10.6 Å². The van der Waals surface area contributed by atoms with Crippen molar-refractivity contribution >= 4 is 11.8 Å². The first kappa shape index (κ1) is 14.2. The average molecular weight is 283 g/mol. The maximum Gasteiger partial charge on any atom is 0.0432 e. The van der Waals surface area contributed by atoms with Gasteiger partial charge >= 0.3 is 0 Å². The largest absolute Gasteiger partial charge is 0.329 e. The van der Waals surface area contributed by atoms with Gasteiger partial charge in [0.15, 0.2) is 0 Å². The van der Waals surface area contributed by atoms with Crippen LogP contribution in [0.5, 0.6) is 0 Å². The van der Waals surface area contributed by atoms with Crippen LogP contribution in [0.1, 0.15) is 32.6 Å². The van der Waals surface area contributed by atoms with Gasteiger partial charge in [-0.15, -0.1) is 0 Å². The van der Waals surface area contributed by atoms with Crippen LogP contribution in [0.2, 0.25) is 0 Å². The molecule has 0 radical (unpaired) electrons. The number of piperidine rings is 2. The first-order valence-corrected chi connectivity index (χ1v) is 8.96. The summed E-state index contributed by atoms with van der Waals surface area (Å²) < 4.78 is 0. The second-order valence-corrected chi connectivity index (χ2v) is 8.37.